The van der Waals surface area contributed by atoms with E-state index in [0.29, 0.717) is 23.6 Å². The van der Waals surface area contributed by atoms with Gasteiger partial charge in [0.2, 0.25) is 0 Å². The Bertz CT molecular complexity index is 961. The molecule has 1 amide bonds. The molecule has 0 radical (unpaired) electrons. The summed E-state index contributed by atoms with van der Waals surface area (Å²) in [6, 6.07) is 10.7. The molecular formula is C18H17N3O3S. The zero-order valence-corrected chi connectivity index (χ0v) is 14.1. The highest BCUT2D eigenvalue weighted by atomic mass is 32.1. The number of thiophene rings is 1. The molecule has 4 rings (SSSR count). The van der Waals surface area contributed by atoms with Crippen LogP contribution in [0.15, 0.2) is 46.6 Å². The van der Waals surface area contributed by atoms with Gasteiger partial charge in [0, 0.05) is 10.3 Å². The van der Waals surface area contributed by atoms with Gasteiger partial charge in [-0.1, -0.05) is 24.3 Å². The van der Waals surface area contributed by atoms with Crippen molar-refractivity contribution in [2.45, 2.75) is 25.0 Å². The summed E-state index contributed by atoms with van der Waals surface area (Å²) in [6.45, 7) is 0. The number of carbonyl (C=O) groups is 1. The molecule has 7 heteroatoms. The van der Waals surface area contributed by atoms with Crippen molar-refractivity contribution in [2.24, 2.45) is 5.92 Å². The smallest absolute Gasteiger partial charge is 0.272 e. The minimum absolute atomic E-state index is 0.164. The van der Waals surface area contributed by atoms with Crippen LogP contribution in [-0.2, 0) is 0 Å². The van der Waals surface area contributed by atoms with Crippen molar-refractivity contribution in [2.75, 3.05) is 0 Å². The maximum absolute atomic E-state index is 12.8. The largest absolute Gasteiger partial charge is 0.393 e. The van der Waals surface area contributed by atoms with Crippen molar-refractivity contribution in [3.63, 3.8) is 0 Å². The Labute approximate surface area is 147 Å². The van der Waals surface area contributed by atoms with Crippen molar-refractivity contribution < 1.29 is 9.90 Å². The molecule has 2 heterocycles. The number of nitrogens with zero attached hydrogens (tertiary/aromatic N) is 1. The van der Waals surface area contributed by atoms with Gasteiger partial charge in [-0.15, -0.1) is 11.3 Å². The molecule has 6 nitrogen and oxygen atoms in total. The molecular weight excluding hydrogens is 338 g/mol. The Morgan fingerprint density at radius 2 is 2.00 bits per heavy atom. The van der Waals surface area contributed by atoms with E-state index in [4.69, 9.17) is 0 Å². The van der Waals surface area contributed by atoms with Crippen LogP contribution in [0.25, 0.3) is 10.8 Å². The molecule has 1 saturated carbocycles. The average Bonchev–Trinajstić information content (AvgIpc) is 3.12. The van der Waals surface area contributed by atoms with Crippen molar-refractivity contribution in [1.29, 1.82) is 0 Å². The molecule has 3 aromatic rings. The Hall–Kier alpha value is -2.51. The van der Waals surface area contributed by atoms with Gasteiger partial charge in [0.1, 0.15) is 0 Å². The summed E-state index contributed by atoms with van der Waals surface area (Å²) in [5, 5.41) is 22.0. The normalized spacial score (nSPS) is 20.8. The number of rotatable bonds is 4. The maximum Gasteiger partial charge on any atom is 0.272 e. The fourth-order valence-corrected chi connectivity index (χ4v) is 4.16. The Morgan fingerprint density at radius 1 is 1.24 bits per heavy atom. The number of fused-ring (bicyclic) bond motifs is 1. The van der Waals surface area contributed by atoms with Crippen LogP contribution in [-0.4, -0.2) is 27.3 Å². The molecule has 1 aliphatic carbocycles. The summed E-state index contributed by atoms with van der Waals surface area (Å²) >= 11 is 1.58. The van der Waals surface area contributed by atoms with Crippen LogP contribution in [0, 0.1) is 5.92 Å². The van der Waals surface area contributed by atoms with E-state index in [1.54, 1.807) is 35.6 Å². The summed E-state index contributed by atoms with van der Waals surface area (Å²) in [7, 11) is 0. The molecule has 3 N–H and O–H groups in total. The molecule has 25 heavy (non-hydrogen) atoms. The van der Waals surface area contributed by atoms with E-state index < -0.39 is 0 Å². The van der Waals surface area contributed by atoms with E-state index in [0.717, 1.165) is 4.88 Å². The number of carbonyl (C=O) groups excluding carboxylic acids is 1. The molecule has 0 saturated heterocycles. The highest BCUT2D eigenvalue weighted by Crippen LogP contribution is 2.39. The van der Waals surface area contributed by atoms with Crippen LogP contribution in [0.1, 0.15) is 34.2 Å². The first-order valence-corrected chi connectivity index (χ1v) is 9.01. The monoisotopic (exact) mass is 355 g/mol. The second kappa shape index (κ2) is 6.42. The van der Waals surface area contributed by atoms with Crippen LogP contribution in [0.3, 0.4) is 0 Å². The standard InChI is InChI=1S/C18H17N3O3S/c22-11-8-10(9-11)15(14-6-3-7-25-14)19-18(24)16-12-4-1-2-5-13(12)17(23)21-20-16/h1-7,10-11,15,22H,8-9H2,(H,19,24)(H,21,23). The number of nitrogens with one attached hydrogen (secondary N) is 2. The topological polar surface area (TPSA) is 95.1 Å². The lowest BCUT2D eigenvalue weighted by Crippen LogP contribution is -2.41. The first-order chi connectivity index (χ1) is 12.1. The highest BCUT2D eigenvalue weighted by molar-refractivity contribution is 7.10. The quantitative estimate of drug-likeness (QED) is 0.669. The van der Waals surface area contributed by atoms with Crippen LogP contribution in [0.5, 0.6) is 0 Å². The summed E-state index contributed by atoms with van der Waals surface area (Å²) in [5.41, 5.74) is -0.110. The number of aromatic amines is 1. The number of aliphatic hydroxyl groups is 1. The minimum Gasteiger partial charge on any atom is -0.393 e. The van der Waals surface area contributed by atoms with Gasteiger partial charge in [0.05, 0.1) is 17.5 Å². The first-order valence-electron chi connectivity index (χ1n) is 8.13. The van der Waals surface area contributed by atoms with E-state index in [1.165, 1.54) is 0 Å². The van der Waals surface area contributed by atoms with E-state index in [2.05, 4.69) is 15.5 Å². The number of H-pyrrole nitrogens is 1. The van der Waals surface area contributed by atoms with Crippen molar-refractivity contribution in [3.05, 3.63) is 62.7 Å². The molecule has 0 bridgehead atoms. The lowest BCUT2D eigenvalue weighted by Gasteiger charge is -2.37. The molecule has 2 aromatic heterocycles. The fraction of sp³-hybridized carbons (Fsp3) is 0.278. The summed E-state index contributed by atoms with van der Waals surface area (Å²) in [6.07, 6.45) is 1.04. The van der Waals surface area contributed by atoms with Gasteiger partial charge in [-0.2, -0.15) is 5.10 Å². The molecule has 128 valence electrons. The second-order valence-electron chi connectivity index (χ2n) is 6.30. The number of aliphatic hydroxyl groups excluding tert-OH is 1. The SMILES string of the molecule is O=C(NC(c1cccs1)C1CC(O)C1)c1n[nH]c(=O)c2ccccc12. The third-order valence-electron chi connectivity index (χ3n) is 4.67. The molecule has 1 aromatic carbocycles. The van der Waals surface area contributed by atoms with Crippen LogP contribution < -0.4 is 10.9 Å². The highest BCUT2D eigenvalue weighted by Gasteiger charge is 2.36. The van der Waals surface area contributed by atoms with Crippen molar-refractivity contribution in [3.8, 4) is 0 Å². The van der Waals surface area contributed by atoms with Crippen LogP contribution in [0.4, 0.5) is 0 Å². The number of amides is 1. The van der Waals surface area contributed by atoms with Gasteiger partial charge >= 0.3 is 0 Å². The summed E-state index contributed by atoms with van der Waals surface area (Å²) in [5.74, 6) is -0.126. The van der Waals surface area contributed by atoms with Gasteiger partial charge in [-0.05, 0) is 36.3 Å². The Balaban J connectivity index is 1.66. The predicted octanol–water partition coefficient (Wildman–Crippen LogP) is 2.23. The van der Waals surface area contributed by atoms with Gasteiger partial charge in [-0.25, -0.2) is 5.10 Å². The number of hydrogen-bond donors (Lipinski definition) is 3. The van der Waals surface area contributed by atoms with E-state index in [1.807, 2.05) is 17.5 Å². The number of aromatic nitrogens is 2. The maximum atomic E-state index is 12.8. The molecule has 1 fully saturated rings. The Morgan fingerprint density at radius 3 is 2.68 bits per heavy atom. The van der Waals surface area contributed by atoms with Gasteiger partial charge < -0.3 is 10.4 Å². The van der Waals surface area contributed by atoms with Gasteiger partial charge in [0.25, 0.3) is 11.5 Å². The molecule has 0 aliphatic heterocycles. The average molecular weight is 355 g/mol. The van der Waals surface area contributed by atoms with E-state index in [9.17, 15) is 14.7 Å². The lowest BCUT2D eigenvalue weighted by molar-refractivity contribution is 0.0240. The van der Waals surface area contributed by atoms with Crippen molar-refractivity contribution >= 4 is 28.0 Å². The zero-order valence-electron chi connectivity index (χ0n) is 13.3. The molecule has 1 unspecified atom stereocenters. The fourth-order valence-electron chi connectivity index (χ4n) is 3.29. The minimum atomic E-state index is -0.327. The summed E-state index contributed by atoms with van der Waals surface area (Å²) in [4.78, 5) is 25.8. The van der Waals surface area contributed by atoms with Gasteiger partial charge in [-0.3, -0.25) is 9.59 Å². The first kappa shape index (κ1) is 16.0. The van der Waals surface area contributed by atoms with Gasteiger partial charge in [0.15, 0.2) is 5.69 Å². The molecule has 1 aliphatic rings. The lowest BCUT2D eigenvalue weighted by atomic mass is 9.76. The second-order valence-corrected chi connectivity index (χ2v) is 7.28. The molecule has 0 spiro atoms. The molecule has 1 atom stereocenters. The summed E-state index contributed by atoms with van der Waals surface area (Å²) < 4.78 is 0. The van der Waals surface area contributed by atoms with E-state index >= 15 is 0 Å². The van der Waals surface area contributed by atoms with Crippen molar-refractivity contribution in [1.82, 2.24) is 15.5 Å². The number of hydrogen-bond acceptors (Lipinski definition) is 5. The van der Waals surface area contributed by atoms with E-state index in [-0.39, 0.29) is 35.2 Å². The zero-order chi connectivity index (χ0) is 17.4. The third kappa shape index (κ3) is 2.96. The van der Waals surface area contributed by atoms with Crippen LogP contribution in [0.2, 0.25) is 0 Å². The number of benzene rings is 1. The Kier molecular flexibility index (Phi) is 4.10. The van der Waals surface area contributed by atoms with Crippen LogP contribution >= 0.6 is 11.3 Å². The predicted molar refractivity (Wildman–Crippen MR) is 95.6 cm³/mol. The third-order valence-corrected chi connectivity index (χ3v) is 5.62.